The monoisotopic (exact) mass is 315 g/mol. The van der Waals surface area contributed by atoms with E-state index >= 15 is 0 Å². The first-order valence-corrected chi connectivity index (χ1v) is 7.87. The predicted octanol–water partition coefficient (Wildman–Crippen LogP) is 0.468. The largest absolute Gasteiger partial charge is 0.464 e. The molecule has 0 fully saturated rings. The Morgan fingerprint density at radius 2 is 1.73 bits per heavy atom. The molecule has 128 valence electrons. The fourth-order valence-corrected chi connectivity index (χ4v) is 1.78. The SMILES string of the molecule is CCOC(=O)C(C)NC(=O)CCCCCCNC(=O)C(C)N. The van der Waals surface area contributed by atoms with Gasteiger partial charge in [0.05, 0.1) is 12.6 Å². The Labute approximate surface area is 132 Å². The van der Waals surface area contributed by atoms with Crippen LogP contribution in [0.25, 0.3) is 0 Å². The highest BCUT2D eigenvalue weighted by atomic mass is 16.5. The Kier molecular flexibility index (Phi) is 11.1. The summed E-state index contributed by atoms with van der Waals surface area (Å²) in [5, 5.41) is 5.35. The highest BCUT2D eigenvalue weighted by molar-refractivity contribution is 5.84. The van der Waals surface area contributed by atoms with Gasteiger partial charge in [0.2, 0.25) is 11.8 Å². The number of carbonyl (C=O) groups is 3. The summed E-state index contributed by atoms with van der Waals surface area (Å²) in [5.74, 6) is -0.709. The van der Waals surface area contributed by atoms with E-state index in [-0.39, 0.29) is 11.8 Å². The normalized spacial score (nSPS) is 13.1. The maximum Gasteiger partial charge on any atom is 0.328 e. The summed E-state index contributed by atoms with van der Waals surface area (Å²) >= 11 is 0. The molecule has 4 N–H and O–H groups in total. The third-order valence-corrected chi connectivity index (χ3v) is 3.06. The maximum absolute atomic E-state index is 11.6. The number of nitrogens with one attached hydrogen (secondary N) is 2. The van der Waals surface area contributed by atoms with Gasteiger partial charge < -0.3 is 21.1 Å². The van der Waals surface area contributed by atoms with Gasteiger partial charge in [-0.25, -0.2) is 4.79 Å². The zero-order valence-corrected chi connectivity index (χ0v) is 13.8. The standard InChI is InChI=1S/C15H29N3O4/c1-4-22-15(21)12(3)18-13(19)9-7-5-6-8-10-17-14(20)11(2)16/h11-12H,4-10,16H2,1-3H3,(H,17,20)(H,18,19). The van der Waals surface area contributed by atoms with Gasteiger partial charge in [0.15, 0.2) is 0 Å². The van der Waals surface area contributed by atoms with Crippen molar-refractivity contribution in [3.63, 3.8) is 0 Å². The molecule has 7 heteroatoms. The second kappa shape index (κ2) is 12.0. The van der Waals surface area contributed by atoms with Gasteiger partial charge in [-0.3, -0.25) is 9.59 Å². The summed E-state index contributed by atoms with van der Waals surface area (Å²) in [4.78, 5) is 34.2. The number of rotatable bonds is 11. The average molecular weight is 315 g/mol. The molecule has 0 saturated heterocycles. The smallest absolute Gasteiger partial charge is 0.328 e. The summed E-state index contributed by atoms with van der Waals surface area (Å²) in [5.41, 5.74) is 5.42. The molecule has 2 amide bonds. The first kappa shape index (κ1) is 20.4. The summed E-state index contributed by atoms with van der Waals surface area (Å²) in [6.07, 6.45) is 3.83. The minimum atomic E-state index is -0.610. The molecule has 0 radical (unpaired) electrons. The van der Waals surface area contributed by atoms with Gasteiger partial charge in [-0.05, 0) is 33.6 Å². The average Bonchev–Trinajstić information content (AvgIpc) is 2.45. The molecule has 0 rings (SSSR count). The topological polar surface area (TPSA) is 111 Å². The third-order valence-electron chi connectivity index (χ3n) is 3.06. The lowest BCUT2D eigenvalue weighted by Crippen LogP contribution is -2.39. The third kappa shape index (κ3) is 10.1. The van der Waals surface area contributed by atoms with Crippen LogP contribution < -0.4 is 16.4 Å². The van der Waals surface area contributed by atoms with Crippen molar-refractivity contribution in [2.75, 3.05) is 13.2 Å². The number of carbonyl (C=O) groups excluding carboxylic acids is 3. The van der Waals surface area contributed by atoms with Gasteiger partial charge >= 0.3 is 5.97 Å². The van der Waals surface area contributed by atoms with Crippen molar-refractivity contribution in [2.24, 2.45) is 5.73 Å². The summed E-state index contributed by atoms with van der Waals surface area (Å²) in [6, 6.07) is -1.09. The summed E-state index contributed by atoms with van der Waals surface area (Å²) in [6.45, 7) is 5.89. The van der Waals surface area contributed by atoms with Gasteiger partial charge in [0.25, 0.3) is 0 Å². The van der Waals surface area contributed by atoms with Gasteiger partial charge in [-0.15, -0.1) is 0 Å². The van der Waals surface area contributed by atoms with Crippen molar-refractivity contribution in [2.45, 2.75) is 65.0 Å². The van der Waals surface area contributed by atoms with E-state index in [1.54, 1.807) is 20.8 Å². The predicted molar refractivity (Wildman–Crippen MR) is 84.0 cm³/mol. The van der Waals surface area contributed by atoms with E-state index < -0.39 is 18.1 Å². The first-order chi connectivity index (χ1) is 10.4. The van der Waals surface area contributed by atoms with Crippen LogP contribution in [0.3, 0.4) is 0 Å². The fraction of sp³-hybridized carbons (Fsp3) is 0.800. The molecule has 7 nitrogen and oxygen atoms in total. The molecule has 22 heavy (non-hydrogen) atoms. The molecular formula is C15H29N3O4. The zero-order chi connectivity index (χ0) is 17.0. The molecule has 0 saturated carbocycles. The van der Waals surface area contributed by atoms with E-state index in [1.165, 1.54) is 0 Å². The van der Waals surface area contributed by atoms with Crippen molar-refractivity contribution in [1.82, 2.24) is 10.6 Å². The van der Waals surface area contributed by atoms with E-state index in [0.717, 1.165) is 25.7 Å². The molecule has 0 aliphatic heterocycles. The van der Waals surface area contributed by atoms with Crippen molar-refractivity contribution < 1.29 is 19.1 Å². The van der Waals surface area contributed by atoms with Crippen molar-refractivity contribution >= 4 is 17.8 Å². The van der Waals surface area contributed by atoms with Crippen LogP contribution in [-0.4, -0.2) is 43.0 Å². The molecule has 0 aliphatic carbocycles. The van der Waals surface area contributed by atoms with Crippen LogP contribution in [0.1, 0.15) is 52.9 Å². The fourth-order valence-electron chi connectivity index (χ4n) is 1.78. The first-order valence-electron chi connectivity index (χ1n) is 7.87. The highest BCUT2D eigenvalue weighted by Crippen LogP contribution is 2.03. The number of nitrogens with two attached hydrogens (primary N) is 1. The highest BCUT2D eigenvalue weighted by Gasteiger charge is 2.15. The quantitative estimate of drug-likeness (QED) is 0.379. The van der Waals surface area contributed by atoms with Crippen LogP contribution in [-0.2, 0) is 19.1 Å². The number of unbranched alkanes of at least 4 members (excludes halogenated alkanes) is 3. The Morgan fingerprint density at radius 3 is 2.32 bits per heavy atom. The lowest BCUT2D eigenvalue weighted by Gasteiger charge is -2.12. The molecule has 2 atom stereocenters. The number of hydrogen-bond acceptors (Lipinski definition) is 5. The van der Waals surface area contributed by atoms with Crippen molar-refractivity contribution in [3.05, 3.63) is 0 Å². The van der Waals surface area contributed by atoms with E-state index in [2.05, 4.69) is 10.6 Å². The van der Waals surface area contributed by atoms with E-state index in [4.69, 9.17) is 10.5 Å². The Morgan fingerprint density at radius 1 is 1.09 bits per heavy atom. The maximum atomic E-state index is 11.6. The van der Waals surface area contributed by atoms with E-state index in [1.807, 2.05) is 0 Å². The molecule has 2 unspecified atom stereocenters. The molecule has 0 bridgehead atoms. The molecular weight excluding hydrogens is 286 g/mol. The number of amides is 2. The second-order valence-electron chi connectivity index (χ2n) is 5.29. The van der Waals surface area contributed by atoms with Crippen LogP contribution in [0.2, 0.25) is 0 Å². The van der Waals surface area contributed by atoms with Crippen LogP contribution in [0, 0.1) is 0 Å². The van der Waals surface area contributed by atoms with Gasteiger partial charge in [-0.1, -0.05) is 12.8 Å². The molecule has 0 spiro atoms. The van der Waals surface area contributed by atoms with Crippen LogP contribution in [0.15, 0.2) is 0 Å². The molecule has 0 aromatic heterocycles. The van der Waals surface area contributed by atoms with Gasteiger partial charge in [-0.2, -0.15) is 0 Å². The number of esters is 1. The summed E-state index contributed by atoms with van der Waals surface area (Å²) in [7, 11) is 0. The Balaban J connectivity index is 3.57. The Hall–Kier alpha value is -1.63. The minimum Gasteiger partial charge on any atom is -0.464 e. The van der Waals surface area contributed by atoms with Crippen molar-refractivity contribution in [3.8, 4) is 0 Å². The van der Waals surface area contributed by atoms with E-state index in [9.17, 15) is 14.4 Å². The molecule has 0 heterocycles. The molecule has 0 aromatic rings. The second-order valence-corrected chi connectivity index (χ2v) is 5.29. The van der Waals surface area contributed by atoms with Crippen molar-refractivity contribution in [1.29, 1.82) is 0 Å². The molecule has 0 aliphatic rings. The van der Waals surface area contributed by atoms with Crippen LogP contribution in [0.4, 0.5) is 0 Å². The lowest BCUT2D eigenvalue weighted by atomic mass is 10.1. The number of hydrogen-bond donors (Lipinski definition) is 3. The zero-order valence-electron chi connectivity index (χ0n) is 13.8. The molecule has 0 aromatic carbocycles. The number of ether oxygens (including phenoxy) is 1. The van der Waals surface area contributed by atoms with Gasteiger partial charge in [0, 0.05) is 13.0 Å². The van der Waals surface area contributed by atoms with Crippen LogP contribution in [0.5, 0.6) is 0 Å². The lowest BCUT2D eigenvalue weighted by molar-refractivity contribution is -0.146. The Bertz CT molecular complexity index is 359. The van der Waals surface area contributed by atoms with E-state index in [0.29, 0.717) is 19.6 Å². The minimum absolute atomic E-state index is 0.146. The summed E-state index contributed by atoms with van der Waals surface area (Å²) < 4.78 is 4.81. The van der Waals surface area contributed by atoms with Gasteiger partial charge in [0.1, 0.15) is 6.04 Å². The van der Waals surface area contributed by atoms with Crippen LogP contribution >= 0.6 is 0 Å².